The van der Waals surface area contributed by atoms with Crippen LogP contribution in [0, 0.1) is 0 Å². The smallest absolute Gasteiger partial charge is 0.225 e. The Bertz CT molecular complexity index is 1320. The first-order valence-corrected chi connectivity index (χ1v) is 13.1. The zero-order chi connectivity index (χ0) is 23.7. The maximum atomic E-state index is 5.49. The third-order valence-electron chi connectivity index (χ3n) is 5.95. The second-order valence-corrected chi connectivity index (χ2v) is 9.48. The summed E-state index contributed by atoms with van der Waals surface area (Å²) in [6, 6.07) is 25.8. The average Bonchev–Trinajstić information content (AvgIpc) is 3.22. The fourth-order valence-electron chi connectivity index (χ4n) is 4.08. The summed E-state index contributed by atoms with van der Waals surface area (Å²) in [5, 5.41) is 10.2. The summed E-state index contributed by atoms with van der Waals surface area (Å²) in [5.41, 5.74) is 4.63. The van der Waals surface area contributed by atoms with E-state index in [1.165, 1.54) is 21.9 Å². The van der Waals surface area contributed by atoms with E-state index in [1.54, 1.807) is 0 Å². The fraction of sp³-hybridized carbons (Fsp3) is 0.167. The van der Waals surface area contributed by atoms with E-state index in [2.05, 4.69) is 94.5 Å². The van der Waals surface area contributed by atoms with Crippen LogP contribution in [0.25, 0.3) is 22.0 Å². The monoisotopic (exact) mass is 479 g/mol. The molecule has 0 saturated heterocycles. The Morgan fingerprint density at radius 1 is 0.829 bits per heavy atom. The second kappa shape index (κ2) is 11.6. The zero-order valence-corrected chi connectivity index (χ0v) is 20.5. The molecule has 0 saturated carbocycles. The second-order valence-electron chi connectivity index (χ2n) is 8.49. The van der Waals surface area contributed by atoms with Crippen molar-refractivity contribution in [3.63, 3.8) is 0 Å². The van der Waals surface area contributed by atoms with Crippen LogP contribution in [0.1, 0.15) is 17.5 Å². The Kier molecular flexibility index (Phi) is 7.66. The first kappa shape index (κ1) is 23.1. The molecule has 5 heteroatoms. The number of hydrogen-bond acceptors (Lipinski definition) is 5. The number of benzene rings is 3. The van der Waals surface area contributed by atoms with E-state index in [4.69, 9.17) is 4.52 Å². The minimum atomic E-state index is 0.707. The van der Waals surface area contributed by atoms with Gasteiger partial charge in [0.2, 0.25) is 5.88 Å². The van der Waals surface area contributed by atoms with Crippen LogP contribution in [0.15, 0.2) is 114 Å². The molecule has 0 spiro atoms. The van der Waals surface area contributed by atoms with Crippen LogP contribution in [0.5, 0.6) is 0 Å². The lowest BCUT2D eigenvalue weighted by atomic mass is 10.1. The van der Waals surface area contributed by atoms with Crippen molar-refractivity contribution in [1.82, 2.24) is 10.1 Å². The van der Waals surface area contributed by atoms with Gasteiger partial charge in [0.15, 0.2) is 0 Å². The highest BCUT2D eigenvalue weighted by Crippen LogP contribution is 2.26. The van der Waals surface area contributed by atoms with Crippen LogP contribution in [0.4, 0.5) is 5.88 Å². The Labute approximate surface area is 211 Å². The molecule has 0 aliphatic carbocycles. The molecule has 0 atom stereocenters. The molecule has 0 unspecified atom stereocenters. The van der Waals surface area contributed by atoms with Crippen molar-refractivity contribution < 1.29 is 4.52 Å². The molecule has 3 aromatic carbocycles. The van der Waals surface area contributed by atoms with Crippen molar-refractivity contribution in [3.8, 4) is 11.3 Å². The largest absolute Gasteiger partial charge is 0.354 e. The van der Waals surface area contributed by atoms with Crippen molar-refractivity contribution in [2.24, 2.45) is 0 Å². The molecule has 1 aliphatic heterocycles. The highest BCUT2D eigenvalue weighted by atomic mass is 32.2. The van der Waals surface area contributed by atoms with E-state index >= 15 is 0 Å². The Balaban J connectivity index is 1.09. The van der Waals surface area contributed by atoms with Gasteiger partial charge in [-0.2, -0.15) is 11.8 Å². The third-order valence-corrected chi connectivity index (χ3v) is 7.00. The highest BCUT2D eigenvalue weighted by molar-refractivity contribution is 7.97. The van der Waals surface area contributed by atoms with Crippen LogP contribution in [-0.4, -0.2) is 23.1 Å². The number of anilines is 1. The van der Waals surface area contributed by atoms with E-state index in [-0.39, 0.29) is 0 Å². The maximum absolute atomic E-state index is 5.49. The van der Waals surface area contributed by atoms with Gasteiger partial charge < -0.3 is 14.7 Å². The number of nitrogens with zero attached hydrogens (tertiary/aromatic N) is 2. The molecule has 1 aromatic heterocycles. The van der Waals surface area contributed by atoms with Crippen molar-refractivity contribution in [2.45, 2.75) is 17.9 Å². The minimum absolute atomic E-state index is 0.707. The van der Waals surface area contributed by atoms with Gasteiger partial charge >= 0.3 is 0 Å². The van der Waals surface area contributed by atoms with Gasteiger partial charge in [-0.05, 0) is 40.5 Å². The van der Waals surface area contributed by atoms with Crippen LogP contribution in [0.3, 0.4) is 0 Å². The van der Waals surface area contributed by atoms with E-state index in [9.17, 15) is 0 Å². The normalized spacial score (nSPS) is 12.9. The lowest BCUT2D eigenvalue weighted by molar-refractivity contribution is 0.432. The van der Waals surface area contributed by atoms with Gasteiger partial charge in [-0.1, -0.05) is 84.0 Å². The number of nitrogens with one attached hydrogen (secondary N) is 1. The molecule has 0 amide bonds. The van der Waals surface area contributed by atoms with E-state index < -0.39 is 0 Å². The van der Waals surface area contributed by atoms with E-state index in [0.717, 1.165) is 42.3 Å². The molecule has 1 N–H and O–H groups in total. The summed E-state index contributed by atoms with van der Waals surface area (Å²) >= 11 is 1.94. The summed E-state index contributed by atoms with van der Waals surface area (Å²) in [4.78, 5) is 2.18. The Morgan fingerprint density at radius 3 is 2.49 bits per heavy atom. The predicted molar refractivity (Wildman–Crippen MR) is 148 cm³/mol. The minimum Gasteiger partial charge on any atom is -0.354 e. The summed E-state index contributed by atoms with van der Waals surface area (Å²) in [7, 11) is 0. The van der Waals surface area contributed by atoms with Crippen molar-refractivity contribution in [3.05, 3.63) is 121 Å². The molecule has 0 bridgehead atoms. The molecule has 0 radical (unpaired) electrons. The number of hydrogen-bond donors (Lipinski definition) is 1. The van der Waals surface area contributed by atoms with Crippen molar-refractivity contribution in [2.75, 3.05) is 18.4 Å². The summed E-state index contributed by atoms with van der Waals surface area (Å²) in [5.74, 6) is 2.69. The fourth-order valence-corrected chi connectivity index (χ4v) is 5.09. The first-order chi connectivity index (χ1) is 17.3. The first-order valence-electron chi connectivity index (χ1n) is 12.0. The van der Waals surface area contributed by atoms with Gasteiger partial charge in [0.1, 0.15) is 5.69 Å². The third kappa shape index (κ3) is 6.25. The molecule has 0 fully saturated rings. The number of allylic oxidation sites excluding steroid dienone is 4. The topological polar surface area (TPSA) is 41.3 Å². The van der Waals surface area contributed by atoms with Crippen molar-refractivity contribution in [1.29, 1.82) is 0 Å². The number of fused-ring (bicyclic) bond motifs is 1. The Hall–Kier alpha value is -3.70. The molecule has 176 valence electrons. The van der Waals surface area contributed by atoms with E-state index in [0.29, 0.717) is 5.88 Å². The average molecular weight is 480 g/mol. The van der Waals surface area contributed by atoms with Crippen LogP contribution >= 0.6 is 11.8 Å². The number of aromatic nitrogens is 1. The molecule has 2 heterocycles. The van der Waals surface area contributed by atoms with Gasteiger partial charge in [-0.25, -0.2) is 0 Å². The van der Waals surface area contributed by atoms with Gasteiger partial charge in [0.05, 0.1) is 0 Å². The van der Waals surface area contributed by atoms with Crippen LogP contribution < -0.4 is 5.32 Å². The van der Waals surface area contributed by atoms with Crippen LogP contribution in [-0.2, 0) is 11.5 Å². The van der Waals surface area contributed by atoms with Gasteiger partial charge in [-0.3, -0.25) is 0 Å². The number of thioether (sulfide) groups is 1. The molecule has 1 aliphatic rings. The predicted octanol–water partition coefficient (Wildman–Crippen LogP) is 7.63. The standard InChI is InChI=1S/C30H29N3OS/c1-2-6-19-33(18-5-1)20-8-17-31-30-21-29(32-34-30)26-15-13-24(14-16-26)22-35-23-27-11-7-10-25-9-3-4-12-28(25)27/h1-7,9-16,18-19,21,31H,8,17,20,22-23H2. The van der Waals surface area contributed by atoms with Crippen molar-refractivity contribution >= 4 is 28.4 Å². The lowest BCUT2D eigenvalue weighted by Gasteiger charge is -2.14. The number of rotatable bonds is 10. The quantitative estimate of drug-likeness (QED) is 0.237. The SMILES string of the molecule is C1=CC=CN(CCCNc2cc(-c3ccc(CSCc4cccc5ccccc45)cc3)no2)C=C1. The zero-order valence-electron chi connectivity index (χ0n) is 19.6. The summed E-state index contributed by atoms with van der Waals surface area (Å²) in [6.07, 6.45) is 13.3. The molecule has 4 nitrogen and oxygen atoms in total. The van der Waals surface area contributed by atoms with Gasteiger partial charge in [0, 0.05) is 48.6 Å². The molecule has 5 rings (SSSR count). The molecule has 4 aromatic rings. The molecular formula is C30H29N3OS. The van der Waals surface area contributed by atoms with Gasteiger partial charge in [0.25, 0.3) is 0 Å². The summed E-state index contributed by atoms with van der Waals surface area (Å²) in [6.45, 7) is 1.77. The maximum Gasteiger partial charge on any atom is 0.225 e. The molecule has 35 heavy (non-hydrogen) atoms. The summed E-state index contributed by atoms with van der Waals surface area (Å²) < 4.78 is 5.49. The molecular weight excluding hydrogens is 450 g/mol. The van der Waals surface area contributed by atoms with Crippen LogP contribution in [0.2, 0.25) is 0 Å². The van der Waals surface area contributed by atoms with Gasteiger partial charge in [-0.15, -0.1) is 0 Å². The van der Waals surface area contributed by atoms with E-state index in [1.807, 2.05) is 42.1 Å². The highest BCUT2D eigenvalue weighted by Gasteiger charge is 2.07. The Morgan fingerprint density at radius 2 is 1.63 bits per heavy atom. The lowest BCUT2D eigenvalue weighted by Crippen LogP contribution is -2.14.